The smallest absolute Gasteiger partial charge is 0.255 e. The summed E-state index contributed by atoms with van der Waals surface area (Å²) in [5, 5.41) is 2.82. The van der Waals surface area contributed by atoms with Gasteiger partial charge in [0.1, 0.15) is 5.75 Å². The maximum absolute atomic E-state index is 12.4. The second-order valence-corrected chi connectivity index (χ2v) is 5.73. The molecular weight excluding hydrogens is 304 g/mol. The summed E-state index contributed by atoms with van der Waals surface area (Å²) >= 11 is 0. The molecule has 1 heterocycles. The average molecular weight is 324 g/mol. The zero-order valence-corrected chi connectivity index (χ0v) is 13.6. The van der Waals surface area contributed by atoms with Crippen LogP contribution < -0.4 is 10.1 Å². The molecule has 5 nitrogen and oxygen atoms in total. The maximum Gasteiger partial charge on any atom is 0.255 e. The van der Waals surface area contributed by atoms with E-state index in [1.807, 2.05) is 17.0 Å². The van der Waals surface area contributed by atoms with Crippen LogP contribution in [0.3, 0.4) is 0 Å². The van der Waals surface area contributed by atoms with Gasteiger partial charge in [-0.2, -0.15) is 0 Å². The van der Waals surface area contributed by atoms with E-state index in [9.17, 15) is 9.59 Å². The monoisotopic (exact) mass is 324 g/mol. The van der Waals surface area contributed by atoms with Crippen molar-refractivity contribution < 1.29 is 14.3 Å². The molecule has 5 heteroatoms. The van der Waals surface area contributed by atoms with Crippen LogP contribution in [-0.4, -0.2) is 36.9 Å². The molecule has 0 aromatic heterocycles. The van der Waals surface area contributed by atoms with E-state index in [4.69, 9.17) is 4.74 Å². The Morgan fingerprint density at radius 1 is 0.958 bits per heavy atom. The van der Waals surface area contributed by atoms with Gasteiger partial charge in [0.15, 0.2) is 0 Å². The van der Waals surface area contributed by atoms with E-state index in [0.717, 1.165) is 25.9 Å². The molecule has 24 heavy (non-hydrogen) atoms. The zero-order chi connectivity index (χ0) is 16.9. The van der Waals surface area contributed by atoms with Crippen LogP contribution in [0, 0.1) is 0 Å². The van der Waals surface area contributed by atoms with Crippen molar-refractivity contribution in [3.8, 4) is 5.75 Å². The Balaban J connectivity index is 1.70. The summed E-state index contributed by atoms with van der Waals surface area (Å²) in [4.78, 5) is 26.5. The number of amides is 2. The van der Waals surface area contributed by atoms with Crippen LogP contribution in [0.5, 0.6) is 5.75 Å². The minimum absolute atomic E-state index is 0.0317. The molecular formula is C19H20N2O3. The highest BCUT2D eigenvalue weighted by molar-refractivity contribution is 6.05. The number of hydrogen-bond acceptors (Lipinski definition) is 3. The van der Waals surface area contributed by atoms with E-state index in [0.29, 0.717) is 22.6 Å². The van der Waals surface area contributed by atoms with Gasteiger partial charge in [-0.3, -0.25) is 9.59 Å². The van der Waals surface area contributed by atoms with Crippen molar-refractivity contribution in [2.24, 2.45) is 0 Å². The quantitative estimate of drug-likeness (QED) is 0.939. The number of rotatable bonds is 4. The molecule has 3 rings (SSSR count). The summed E-state index contributed by atoms with van der Waals surface area (Å²) in [6, 6.07) is 14.0. The predicted octanol–water partition coefficient (Wildman–Crippen LogP) is 3.18. The number of benzene rings is 2. The van der Waals surface area contributed by atoms with E-state index in [2.05, 4.69) is 5.32 Å². The molecule has 0 aliphatic carbocycles. The fraction of sp³-hybridized carbons (Fsp3) is 0.263. The van der Waals surface area contributed by atoms with Crippen molar-refractivity contribution in [3.63, 3.8) is 0 Å². The Morgan fingerprint density at radius 2 is 1.58 bits per heavy atom. The molecule has 2 aromatic carbocycles. The molecule has 1 aliphatic rings. The Morgan fingerprint density at radius 3 is 2.25 bits per heavy atom. The first-order valence-electron chi connectivity index (χ1n) is 8.03. The van der Waals surface area contributed by atoms with Gasteiger partial charge in [-0.1, -0.05) is 12.1 Å². The van der Waals surface area contributed by atoms with E-state index in [1.165, 1.54) is 0 Å². The van der Waals surface area contributed by atoms with Crippen molar-refractivity contribution in [1.29, 1.82) is 0 Å². The molecule has 2 aromatic rings. The topological polar surface area (TPSA) is 58.6 Å². The number of carbonyl (C=O) groups excluding carboxylic acids is 2. The van der Waals surface area contributed by atoms with Gasteiger partial charge >= 0.3 is 0 Å². The summed E-state index contributed by atoms with van der Waals surface area (Å²) in [5.74, 6) is 0.399. The first kappa shape index (κ1) is 16.1. The first-order chi connectivity index (χ1) is 11.7. The van der Waals surface area contributed by atoms with Gasteiger partial charge < -0.3 is 15.0 Å². The summed E-state index contributed by atoms with van der Waals surface area (Å²) in [6.07, 6.45) is 2.12. The number of nitrogens with zero attached hydrogens (tertiary/aromatic N) is 1. The molecule has 0 saturated carbocycles. The lowest BCUT2D eigenvalue weighted by molar-refractivity contribution is 0.0792. The van der Waals surface area contributed by atoms with Crippen molar-refractivity contribution in [1.82, 2.24) is 4.90 Å². The second-order valence-electron chi connectivity index (χ2n) is 5.73. The second kappa shape index (κ2) is 7.17. The van der Waals surface area contributed by atoms with Crippen LogP contribution in [0.15, 0.2) is 48.5 Å². The van der Waals surface area contributed by atoms with Crippen LogP contribution in [0.4, 0.5) is 5.69 Å². The van der Waals surface area contributed by atoms with Gasteiger partial charge in [0, 0.05) is 24.2 Å². The van der Waals surface area contributed by atoms with Gasteiger partial charge in [0.25, 0.3) is 11.8 Å². The molecule has 1 aliphatic heterocycles. The summed E-state index contributed by atoms with van der Waals surface area (Å²) in [5.41, 5.74) is 1.73. The van der Waals surface area contributed by atoms with Gasteiger partial charge in [-0.05, 0) is 49.2 Å². The SMILES string of the molecule is COc1ccccc1NC(=O)c1ccc(C(=O)N2CCCC2)cc1. The molecule has 1 saturated heterocycles. The van der Waals surface area contributed by atoms with Crippen molar-refractivity contribution in [3.05, 3.63) is 59.7 Å². The van der Waals surface area contributed by atoms with Gasteiger partial charge in [0.2, 0.25) is 0 Å². The Labute approximate surface area is 141 Å². The fourth-order valence-electron chi connectivity index (χ4n) is 2.81. The lowest BCUT2D eigenvalue weighted by Crippen LogP contribution is -2.27. The Hall–Kier alpha value is -2.82. The van der Waals surface area contributed by atoms with E-state index in [-0.39, 0.29) is 11.8 Å². The highest BCUT2D eigenvalue weighted by atomic mass is 16.5. The van der Waals surface area contributed by atoms with E-state index < -0.39 is 0 Å². The number of para-hydroxylation sites is 2. The highest BCUT2D eigenvalue weighted by Gasteiger charge is 2.19. The molecule has 0 radical (unpaired) electrons. The highest BCUT2D eigenvalue weighted by Crippen LogP contribution is 2.23. The van der Waals surface area contributed by atoms with Crippen molar-refractivity contribution in [2.45, 2.75) is 12.8 Å². The first-order valence-corrected chi connectivity index (χ1v) is 8.03. The van der Waals surface area contributed by atoms with Crippen LogP contribution >= 0.6 is 0 Å². The summed E-state index contributed by atoms with van der Waals surface area (Å²) < 4.78 is 5.22. The average Bonchev–Trinajstić information content (AvgIpc) is 3.16. The van der Waals surface area contributed by atoms with Crippen LogP contribution in [0.2, 0.25) is 0 Å². The Bertz CT molecular complexity index is 735. The number of anilines is 1. The molecule has 0 spiro atoms. The van der Waals surface area contributed by atoms with Crippen LogP contribution in [0.25, 0.3) is 0 Å². The molecule has 1 fully saturated rings. The lowest BCUT2D eigenvalue weighted by atomic mass is 10.1. The standard InChI is InChI=1S/C19H20N2O3/c1-24-17-7-3-2-6-16(17)20-18(22)14-8-10-15(11-9-14)19(23)21-12-4-5-13-21/h2-3,6-11H,4-5,12-13H2,1H3,(H,20,22). The van der Waals surface area contributed by atoms with Crippen molar-refractivity contribution in [2.75, 3.05) is 25.5 Å². The van der Waals surface area contributed by atoms with Crippen LogP contribution in [-0.2, 0) is 0 Å². The zero-order valence-electron chi connectivity index (χ0n) is 13.6. The minimum atomic E-state index is -0.236. The van der Waals surface area contributed by atoms with Crippen molar-refractivity contribution >= 4 is 17.5 Å². The fourth-order valence-corrected chi connectivity index (χ4v) is 2.81. The molecule has 1 N–H and O–H groups in total. The maximum atomic E-state index is 12.4. The number of carbonyl (C=O) groups is 2. The van der Waals surface area contributed by atoms with E-state index in [1.54, 1.807) is 43.5 Å². The van der Waals surface area contributed by atoms with Gasteiger partial charge in [0.05, 0.1) is 12.8 Å². The summed E-state index contributed by atoms with van der Waals surface area (Å²) in [7, 11) is 1.56. The molecule has 2 amide bonds. The number of ether oxygens (including phenoxy) is 1. The minimum Gasteiger partial charge on any atom is -0.495 e. The van der Waals surface area contributed by atoms with Gasteiger partial charge in [-0.25, -0.2) is 0 Å². The lowest BCUT2D eigenvalue weighted by Gasteiger charge is -2.15. The third kappa shape index (κ3) is 3.40. The molecule has 0 unspecified atom stereocenters. The van der Waals surface area contributed by atoms with E-state index >= 15 is 0 Å². The normalized spacial score (nSPS) is 13.6. The number of methoxy groups -OCH3 is 1. The molecule has 124 valence electrons. The third-order valence-electron chi connectivity index (χ3n) is 4.14. The Kier molecular flexibility index (Phi) is 4.79. The van der Waals surface area contributed by atoms with Crippen LogP contribution in [0.1, 0.15) is 33.6 Å². The summed E-state index contributed by atoms with van der Waals surface area (Å²) in [6.45, 7) is 1.63. The predicted molar refractivity (Wildman–Crippen MR) is 92.5 cm³/mol. The number of likely N-dealkylation sites (tertiary alicyclic amines) is 1. The molecule has 0 atom stereocenters. The molecule has 0 bridgehead atoms. The number of hydrogen-bond donors (Lipinski definition) is 1. The number of nitrogens with one attached hydrogen (secondary N) is 1. The van der Waals surface area contributed by atoms with Gasteiger partial charge in [-0.15, -0.1) is 0 Å². The largest absolute Gasteiger partial charge is 0.495 e. The third-order valence-corrected chi connectivity index (χ3v) is 4.14.